The molecule has 0 fully saturated rings. The van der Waals surface area contributed by atoms with Crippen LogP contribution < -0.4 is 0 Å². The second kappa shape index (κ2) is 10.9. The zero-order valence-corrected chi connectivity index (χ0v) is 26.9. The Morgan fingerprint density at radius 2 is 1.20 bits per heavy atom. The van der Waals surface area contributed by atoms with E-state index in [4.69, 9.17) is 0 Å². The van der Waals surface area contributed by atoms with Crippen molar-refractivity contribution in [3.05, 3.63) is 139 Å². The summed E-state index contributed by atoms with van der Waals surface area (Å²) in [5.74, 6) is 0. The molecule has 0 aliphatic carbocycles. The molecule has 0 saturated carbocycles. The maximum atomic E-state index is 4.37. The molecule has 2 heteroatoms. The van der Waals surface area contributed by atoms with Crippen LogP contribution in [0.5, 0.6) is 0 Å². The molecule has 44 heavy (non-hydrogen) atoms. The fourth-order valence-corrected chi connectivity index (χ4v) is 7.29. The lowest BCUT2D eigenvalue weighted by Gasteiger charge is -2.21. The van der Waals surface area contributed by atoms with Gasteiger partial charge in [0.2, 0.25) is 0 Å². The lowest BCUT2D eigenvalue weighted by Crippen LogP contribution is -2.10. The van der Waals surface area contributed by atoms with Crippen LogP contribution in [0.25, 0.3) is 60.1 Å². The molecule has 0 N–H and O–H groups in total. The number of fused-ring (bicyclic) bond motifs is 3. The lowest BCUT2D eigenvalue weighted by molar-refractivity contribution is 0.590. The van der Waals surface area contributed by atoms with Gasteiger partial charge < -0.3 is 0 Å². The first-order valence-corrected chi connectivity index (χ1v) is 16.8. The normalized spacial score (nSPS) is 15.2. The molecular formula is C42H37NS. The summed E-state index contributed by atoms with van der Waals surface area (Å²) < 4.78 is 4.37. The van der Waals surface area contributed by atoms with E-state index in [9.17, 15) is 0 Å². The quantitative estimate of drug-likeness (QED) is 0.0823. The molecule has 1 atom stereocenters. The van der Waals surface area contributed by atoms with E-state index in [-0.39, 0.29) is 16.1 Å². The maximum Gasteiger partial charge on any atom is 0.0496 e. The average Bonchev–Trinajstić information content (AvgIpc) is 3.02. The van der Waals surface area contributed by atoms with Crippen LogP contribution in [0.15, 0.2) is 132 Å². The van der Waals surface area contributed by atoms with Crippen LogP contribution in [-0.4, -0.2) is 17.3 Å². The lowest BCUT2D eigenvalue weighted by atomic mass is 9.83. The Bertz CT molecular complexity index is 2160. The van der Waals surface area contributed by atoms with Crippen LogP contribution in [0.1, 0.15) is 38.8 Å². The zero-order valence-electron chi connectivity index (χ0n) is 26.1. The van der Waals surface area contributed by atoms with Crippen LogP contribution in [0.2, 0.25) is 0 Å². The molecule has 6 aromatic rings. The minimum atomic E-state index is -0.0214. The van der Waals surface area contributed by atoms with Gasteiger partial charge in [0.15, 0.2) is 0 Å². The van der Waals surface area contributed by atoms with Gasteiger partial charge in [0.25, 0.3) is 0 Å². The van der Waals surface area contributed by atoms with Crippen molar-refractivity contribution < 1.29 is 0 Å². The van der Waals surface area contributed by atoms with Gasteiger partial charge >= 0.3 is 0 Å². The predicted octanol–water partition coefficient (Wildman–Crippen LogP) is 11.8. The standard InChI is InChI=1S/C42H37NS/c1-27(23-28(2)39-26-43-44(39)6)30-15-16-32-25-33(18-17-31(32)24-30)41-37-13-9-7-11-35(37)40(36-12-8-10-14-38(36)41)29-19-21-34(22-20-29)42(3,4)5/h7-26H,2H2,1,3-6H3/b27-23+. The third kappa shape index (κ3) is 4.94. The first-order valence-electron chi connectivity index (χ1n) is 15.2. The van der Waals surface area contributed by atoms with Crippen molar-refractivity contribution in [3.8, 4) is 22.3 Å². The molecule has 6 aromatic carbocycles. The topological polar surface area (TPSA) is 12.4 Å². The molecule has 0 amide bonds. The van der Waals surface area contributed by atoms with Crippen molar-refractivity contribution in [2.75, 3.05) is 6.26 Å². The van der Waals surface area contributed by atoms with E-state index >= 15 is 0 Å². The monoisotopic (exact) mass is 587 g/mol. The highest BCUT2D eigenvalue weighted by Gasteiger charge is 2.18. The number of hydrogen-bond acceptors (Lipinski definition) is 1. The summed E-state index contributed by atoms with van der Waals surface area (Å²) in [6.07, 6.45) is 6.28. The van der Waals surface area contributed by atoms with Gasteiger partial charge in [-0.25, -0.2) is 4.40 Å². The van der Waals surface area contributed by atoms with Gasteiger partial charge in [-0.1, -0.05) is 141 Å². The molecule has 1 aliphatic heterocycles. The summed E-state index contributed by atoms with van der Waals surface area (Å²) in [4.78, 5) is 1.25. The van der Waals surface area contributed by atoms with Gasteiger partial charge in [-0.3, -0.25) is 0 Å². The number of benzene rings is 6. The molecule has 0 saturated heterocycles. The first kappa shape index (κ1) is 28.3. The van der Waals surface area contributed by atoms with E-state index in [1.807, 2.05) is 6.21 Å². The molecule has 1 unspecified atom stereocenters. The molecule has 1 heterocycles. The first-order chi connectivity index (χ1) is 21.2. The number of allylic oxidation sites excluding steroid dienone is 3. The van der Waals surface area contributed by atoms with Gasteiger partial charge in [-0.05, 0) is 108 Å². The second-order valence-corrected chi connectivity index (χ2v) is 14.5. The van der Waals surface area contributed by atoms with E-state index in [0.717, 1.165) is 5.57 Å². The Kier molecular flexibility index (Phi) is 6.98. The Balaban J connectivity index is 1.36. The van der Waals surface area contributed by atoms with Crippen LogP contribution in [0, 0.1) is 0 Å². The summed E-state index contributed by atoms with van der Waals surface area (Å²) >= 11 is 0. The smallest absolute Gasteiger partial charge is 0.0496 e. The Hall–Kier alpha value is -4.53. The van der Waals surface area contributed by atoms with Gasteiger partial charge in [-0.15, -0.1) is 0 Å². The minimum absolute atomic E-state index is 0.0214. The molecule has 7 rings (SSSR count). The largest absolute Gasteiger partial charge is 0.230 e. The van der Waals surface area contributed by atoms with E-state index in [0.29, 0.717) is 0 Å². The molecule has 216 valence electrons. The summed E-state index contributed by atoms with van der Waals surface area (Å²) in [6.45, 7) is 13.3. The van der Waals surface area contributed by atoms with E-state index in [1.165, 1.54) is 76.1 Å². The van der Waals surface area contributed by atoms with Crippen LogP contribution >= 0.6 is 10.7 Å². The van der Waals surface area contributed by atoms with Crippen LogP contribution in [-0.2, 0) is 5.41 Å². The third-order valence-corrected chi connectivity index (χ3v) is 10.3. The second-order valence-electron chi connectivity index (χ2n) is 12.9. The van der Waals surface area contributed by atoms with Crippen molar-refractivity contribution >= 4 is 59.6 Å². The highest BCUT2D eigenvalue weighted by Crippen LogP contribution is 2.44. The fourth-order valence-electron chi connectivity index (χ4n) is 6.43. The van der Waals surface area contributed by atoms with Crippen LogP contribution in [0.4, 0.5) is 0 Å². The van der Waals surface area contributed by atoms with Crippen molar-refractivity contribution in [2.45, 2.75) is 33.1 Å². The van der Waals surface area contributed by atoms with E-state index < -0.39 is 0 Å². The van der Waals surface area contributed by atoms with Gasteiger partial charge in [0, 0.05) is 11.1 Å². The number of hydrogen-bond donors (Lipinski definition) is 0. The SMILES string of the molecule is C=C(/C=C(\C)c1ccc2cc(-c3c4ccccc4c(-c4ccc(C(C)(C)C)cc4)c4ccccc34)ccc2c1)C1=S(C)N=C1. The molecule has 0 radical (unpaired) electrons. The van der Waals surface area contributed by atoms with Crippen molar-refractivity contribution in [3.63, 3.8) is 0 Å². The summed E-state index contributed by atoms with van der Waals surface area (Å²) in [5.41, 5.74) is 10.1. The highest BCUT2D eigenvalue weighted by atomic mass is 32.2. The molecule has 0 spiro atoms. The number of nitrogens with zero attached hydrogens (tertiary/aromatic N) is 1. The third-order valence-electron chi connectivity index (χ3n) is 8.91. The zero-order chi connectivity index (χ0) is 30.6. The summed E-state index contributed by atoms with van der Waals surface area (Å²) in [7, 11) is -0.0214. The Labute approximate surface area is 263 Å². The van der Waals surface area contributed by atoms with Crippen molar-refractivity contribution in [1.29, 1.82) is 0 Å². The van der Waals surface area contributed by atoms with Crippen LogP contribution in [0.3, 0.4) is 0 Å². The Morgan fingerprint density at radius 1 is 0.682 bits per heavy atom. The van der Waals surface area contributed by atoms with Gasteiger partial charge in [0.1, 0.15) is 0 Å². The van der Waals surface area contributed by atoms with E-state index in [2.05, 4.69) is 160 Å². The molecule has 1 aliphatic rings. The molecule has 0 aromatic heterocycles. The minimum Gasteiger partial charge on any atom is -0.230 e. The van der Waals surface area contributed by atoms with Crippen molar-refractivity contribution in [2.24, 2.45) is 4.40 Å². The summed E-state index contributed by atoms with van der Waals surface area (Å²) in [6, 6.07) is 40.7. The van der Waals surface area contributed by atoms with Gasteiger partial charge in [-0.2, -0.15) is 0 Å². The summed E-state index contributed by atoms with van der Waals surface area (Å²) in [5, 5.41) is 7.60. The molecule has 1 nitrogen and oxygen atoms in total. The Morgan fingerprint density at radius 3 is 1.73 bits per heavy atom. The van der Waals surface area contributed by atoms with Crippen molar-refractivity contribution in [1.82, 2.24) is 0 Å². The average molecular weight is 588 g/mol. The predicted molar refractivity (Wildman–Crippen MR) is 198 cm³/mol. The highest BCUT2D eigenvalue weighted by molar-refractivity contribution is 8.17. The maximum absolute atomic E-state index is 4.37. The number of rotatable bonds is 5. The fraction of sp³-hybridized carbons (Fsp3) is 0.143. The van der Waals surface area contributed by atoms with E-state index in [1.54, 1.807) is 0 Å². The molecular weight excluding hydrogens is 551 g/mol. The molecule has 0 bridgehead atoms. The van der Waals surface area contributed by atoms with Gasteiger partial charge in [0.05, 0.1) is 0 Å².